The molecule has 3 heterocycles. The Bertz CT molecular complexity index is 1100. The van der Waals surface area contributed by atoms with Crippen LogP contribution in [0.4, 0.5) is 13.2 Å². The van der Waals surface area contributed by atoms with Crippen molar-refractivity contribution < 1.29 is 27.9 Å². The first-order chi connectivity index (χ1) is 15.2. The summed E-state index contributed by atoms with van der Waals surface area (Å²) in [7, 11) is 0. The van der Waals surface area contributed by atoms with E-state index in [1.165, 1.54) is 0 Å². The van der Waals surface area contributed by atoms with Gasteiger partial charge in [0.2, 0.25) is 5.91 Å². The van der Waals surface area contributed by atoms with Crippen LogP contribution in [-0.2, 0) is 29.1 Å². The molecule has 1 aliphatic rings. The number of alkyl halides is 3. The minimum atomic E-state index is -5.08. The molecular weight excluding hydrogens is 425 g/mol. The van der Waals surface area contributed by atoms with Crippen LogP contribution in [0.25, 0.3) is 11.3 Å². The summed E-state index contributed by atoms with van der Waals surface area (Å²) in [6.07, 6.45) is 0.855. The van der Waals surface area contributed by atoms with Gasteiger partial charge in [-0.2, -0.15) is 13.2 Å². The summed E-state index contributed by atoms with van der Waals surface area (Å²) in [5.41, 5.74) is 4.38. The van der Waals surface area contributed by atoms with Crippen molar-refractivity contribution in [1.82, 2.24) is 19.4 Å². The highest BCUT2D eigenvalue weighted by Crippen LogP contribution is 2.23. The molecule has 32 heavy (non-hydrogen) atoms. The standard InChI is InChI=1S/C20H20N4O.C2HF3O2/c1-15-5-2-3-6-16(15)11-20(25)23-9-10-24-18(13-22-19(24)14-23)17-7-4-8-21-12-17;3-2(4,5)1(6)7/h2-8,12-13H,9-11,14H2,1H3;(H,6,7). The van der Waals surface area contributed by atoms with Crippen LogP contribution in [0, 0.1) is 6.92 Å². The molecule has 1 aromatic carbocycles. The molecule has 0 aliphatic carbocycles. The zero-order chi connectivity index (χ0) is 23.3. The zero-order valence-electron chi connectivity index (χ0n) is 17.2. The number of imidazole rings is 1. The Hall–Kier alpha value is -3.69. The fourth-order valence-electron chi connectivity index (χ4n) is 3.30. The minimum absolute atomic E-state index is 0.159. The molecule has 0 fully saturated rings. The average Bonchev–Trinajstić information content (AvgIpc) is 3.19. The molecule has 1 amide bonds. The highest BCUT2D eigenvalue weighted by Gasteiger charge is 2.38. The largest absolute Gasteiger partial charge is 0.490 e. The second-order valence-corrected chi connectivity index (χ2v) is 7.17. The van der Waals surface area contributed by atoms with E-state index in [2.05, 4.69) is 14.5 Å². The van der Waals surface area contributed by atoms with Crippen molar-refractivity contribution in [3.05, 3.63) is 71.9 Å². The number of benzene rings is 1. The molecule has 0 saturated heterocycles. The normalized spacial score (nSPS) is 13.1. The number of hydrogen-bond acceptors (Lipinski definition) is 4. The van der Waals surface area contributed by atoms with Gasteiger partial charge in [0, 0.05) is 31.0 Å². The number of carboxylic acids is 1. The van der Waals surface area contributed by atoms with Crippen LogP contribution in [-0.4, -0.2) is 49.1 Å². The van der Waals surface area contributed by atoms with E-state index in [-0.39, 0.29) is 5.91 Å². The van der Waals surface area contributed by atoms with Crippen molar-refractivity contribution in [3.8, 4) is 11.3 Å². The molecule has 4 rings (SSSR count). The molecule has 1 N–H and O–H groups in total. The van der Waals surface area contributed by atoms with Crippen LogP contribution in [0.15, 0.2) is 55.0 Å². The summed E-state index contributed by atoms with van der Waals surface area (Å²) >= 11 is 0. The maximum atomic E-state index is 12.7. The maximum Gasteiger partial charge on any atom is 0.490 e. The fraction of sp³-hybridized carbons (Fsp3) is 0.273. The Morgan fingerprint density at radius 2 is 1.81 bits per heavy atom. The number of rotatable bonds is 3. The number of carbonyl (C=O) groups excluding carboxylic acids is 1. The zero-order valence-corrected chi connectivity index (χ0v) is 17.2. The Morgan fingerprint density at radius 3 is 2.44 bits per heavy atom. The first kappa shape index (κ1) is 23.0. The van der Waals surface area contributed by atoms with Gasteiger partial charge in [-0.05, 0) is 30.2 Å². The average molecular weight is 446 g/mol. The summed E-state index contributed by atoms with van der Waals surface area (Å²) in [6.45, 7) is 4.08. The molecule has 1 aliphatic heterocycles. The van der Waals surface area contributed by atoms with Gasteiger partial charge in [-0.25, -0.2) is 9.78 Å². The second kappa shape index (κ2) is 9.63. The molecule has 0 bridgehead atoms. The molecule has 0 unspecified atom stereocenters. The van der Waals surface area contributed by atoms with Gasteiger partial charge in [-0.1, -0.05) is 24.3 Å². The van der Waals surface area contributed by atoms with Crippen molar-refractivity contribution in [1.29, 1.82) is 0 Å². The molecule has 168 valence electrons. The Kier molecular flexibility index (Phi) is 6.92. The van der Waals surface area contributed by atoms with Crippen molar-refractivity contribution in [2.75, 3.05) is 6.54 Å². The summed E-state index contributed by atoms with van der Waals surface area (Å²) < 4.78 is 33.9. The predicted octanol–water partition coefficient (Wildman–Crippen LogP) is 3.47. The van der Waals surface area contributed by atoms with Gasteiger partial charge in [0.05, 0.1) is 24.9 Å². The molecule has 0 radical (unpaired) electrons. The lowest BCUT2D eigenvalue weighted by Crippen LogP contribution is -2.39. The molecule has 10 heteroatoms. The van der Waals surface area contributed by atoms with Crippen LogP contribution in [0.3, 0.4) is 0 Å². The summed E-state index contributed by atoms with van der Waals surface area (Å²) in [5.74, 6) is -1.66. The van der Waals surface area contributed by atoms with E-state index in [4.69, 9.17) is 9.90 Å². The SMILES string of the molecule is Cc1ccccc1CC(=O)N1CCn2c(-c3cccnc3)cnc2C1.O=C(O)C(F)(F)F. The molecule has 7 nitrogen and oxygen atoms in total. The number of amides is 1. The molecule has 2 aromatic heterocycles. The first-order valence-electron chi connectivity index (χ1n) is 9.74. The smallest absolute Gasteiger partial charge is 0.475 e. The number of halogens is 3. The third kappa shape index (κ3) is 5.51. The molecule has 3 aromatic rings. The number of carbonyl (C=O) groups is 2. The van der Waals surface area contributed by atoms with Crippen LogP contribution < -0.4 is 0 Å². The first-order valence-corrected chi connectivity index (χ1v) is 9.74. The molecule has 0 spiro atoms. The molecule has 0 atom stereocenters. The molecule has 0 saturated carbocycles. The summed E-state index contributed by atoms with van der Waals surface area (Å²) in [4.78, 5) is 32.2. The van der Waals surface area contributed by atoms with Gasteiger partial charge in [0.1, 0.15) is 5.82 Å². The van der Waals surface area contributed by atoms with Crippen molar-refractivity contribution in [2.24, 2.45) is 0 Å². The highest BCUT2D eigenvalue weighted by molar-refractivity contribution is 5.79. The number of hydrogen-bond donors (Lipinski definition) is 1. The van der Waals surface area contributed by atoms with Gasteiger partial charge < -0.3 is 14.6 Å². The van der Waals surface area contributed by atoms with Gasteiger partial charge in [-0.15, -0.1) is 0 Å². The Balaban J connectivity index is 0.000000360. The van der Waals surface area contributed by atoms with E-state index in [9.17, 15) is 18.0 Å². The maximum absolute atomic E-state index is 12.7. The third-order valence-corrected chi connectivity index (χ3v) is 5.02. The second-order valence-electron chi connectivity index (χ2n) is 7.17. The lowest BCUT2D eigenvalue weighted by molar-refractivity contribution is -0.192. The number of aromatic nitrogens is 3. The van der Waals surface area contributed by atoms with Gasteiger partial charge in [0.15, 0.2) is 0 Å². The Morgan fingerprint density at radius 1 is 1.09 bits per heavy atom. The fourth-order valence-corrected chi connectivity index (χ4v) is 3.30. The van der Waals surface area contributed by atoms with Gasteiger partial charge in [0.25, 0.3) is 0 Å². The number of nitrogens with zero attached hydrogens (tertiary/aromatic N) is 4. The number of carboxylic acid groups (broad SMARTS) is 1. The van der Waals surface area contributed by atoms with E-state index < -0.39 is 12.1 Å². The third-order valence-electron chi connectivity index (χ3n) is 5.02. The van der Waals surface area contributed by atoms with Crippen LogP contribution in [0.1, 0.15) is 17.0 Å². The van der Waals surface area contributed by atoms with E-state index in [0.29, 0.717) is 19.5 Å². The van der Waals surface area contributed by atoms with Crippen molar-refractivity contribution in [3.63, 3.8) is 0 Å². The predicted molar refractivity (Wildman–Crippen MR) is 109 cm³/mol. The summed E-state index contributed by atoms with van der Waals surface area (Å²) in [5, 5.41) is 7.12. The van der Waals surface area contributed by atoms with Gasteiger partial charge in [-0.3, -0.25) is 9.78 Å². The number of aryl methyl sites for hydroxylation is 1. The van der Waals surface area contributed by atoms with Crippen molar-refractivity contribution >= 4 is 11.9 Å². The highest BCUT2D eigenvalue weighted by atomic mass is 19.4. The Labute approximate surface area is 182 Å². The number of aliphatic carboxylic acids is 1. The van der Waals surface area contributed by atoms with Crippen LogP contribution in [0.5, 0.6) is 0 Å². The topological polar surface area (TPSA) is 88.3 Å². The summed E-state index contributed by atoms with van der Waals surface area (Å²) in [6, 6.07) is 12.0. The number of pyridine rings is 1. The molecular formula is C22H21F3N4O3. The lowest BCUT2D eigenvalue weighted by atomic mass is 10.1. The van der Waals surface area contributed by atoms with Gasteiger partial charge >= 0.3 is 12.1 Å². The monoisotopic (exact) mass is 446 g/mol. The quantitative estimate of drug-likeness (QED) is 0.666. The van der Waals surface area contributed by atoms with E-state index in [1.54, 1.807) is 6.20 Å². The van der Waals surface area contributed by atoms with E-state index in [1.807, 2.05) is 60.6 Å². The van der Waals surface area contributed by atoms with Crippen LogP contribution in [0.2, 0.25) is 0 Å². The lowest BCUT2D eigenvalue weighted by Gasteiger charge is -2.29. The van der Waals surface area contributed by atoms with E-state index in [0.717, 1.165) is 34.8 Å². The van der Waals surface area contributed by atoms with Crippen LogP contribution >= 0.6 is 0 Å². The minimum Gasteiger partial charge on any atom is -0.475 e. The van der Waals surface area contributed by atoms with Crippen molar-refractivity contribution in [2.45, 2.75) is 32.6 Å². The van der Waals surface area contributed by atoms with E-state index >= 15 is 0 Å². The number of fused-ring (bicyclic) bond motifs is 1.